The largest absolute Gasteiger partial charge is 1.00 e. The summed E-state index contributed by atoms with van der Waals surface area (Å²) in [5.74, 6) is -40.1. The van der Waals surface area contributed by atoms with Gasteiger partial charge in [0.05, 0.1) is 0 Å². The average Bonchev–Trinajstić information content (AvgIpc) is 2.21. The van der Waals surface area contributed by atoms with E-state index in [0.29, 0.717) is 0 Å². The van der Waals surface area contributed by atoms with E-state index < -0.39 is 50.7 Å². The molecule has 0 atom stereocenters. The molecule has 25 heavy (non-hydrogen) atoms. The molecular formula is C7F13KO3S. The molecule has 3 nitrogen and oxygen atoms in total. The van der Waals surface area contributed by atoms with Crippen LogP contribution < -0.4 is 51.4 Å². The van der Waals surface area contributed by atoms with Gasteiger partial charge in [-0.1, -0.05) is 0 Å². The third-order valence-corrected chi connectivity index (χ3v) is 4.73. The second kappa shape index (κ2) is 5.82. The van der Waals surface area contributed by atoms with E-state index in [1.165, 1.54) is 0 Å². The van der Waals surface area contributed by atoms with Crippen LogP contribution in [-0.2, 0) is 10.1 Å². The van der Waals surface area contributed by atoms with E-state index in [2.05, 4.69) is 0 Å². The van der Waals surface area contributed by atoms with Gasteiger partial charge in [-0.15, -0.1) is 0 Å². The van der Waals surface area contributed by atoms with Crippen LogP contribution >= 0.6 is 0 Å². The monoisotopic (exact) mass is 450 g/mol. The van der Waals surface area contributed by atoms with Gasteiger partial charge in [0.2, 0.25) is 0 Å². The molecule has 0 bridgehead atoms. The van der Waals surface area contributed by atoms with Gasteiger partial charge in [0.15, 0.2) is 0 Å². The van der Waals surface area contributed by atoms with Gasteiger partial charge in [0.25, 0.3) is 4.75 Å². The summed E-state index contributed by atoms with van der Waals surface area (Å²) in [5.41, 5.74) is 0. The quantitative estimate of drug-likeness (QED) is 0.322. The Kier molecular flexibility index (Phi) is 5.97. The van der Waals surface area contributed by atoms with Crippen molar-refractivity contribution in [1.82, 2.24) is 0 Å². The predicted molar refractivity (Wildman–Crippen MR) is 43.2 cm³/mol. The molecule has 0 spiro atoms. The van der Waals surface area contributed by atoms with E-state index in [9.17, 15) is 70.0 Å². The van der Waals surface area contributed by atoms with Crippen molar-refractivity contribution in [2.45, 2.75) is 40.5 Å². The van der Waals surface area contributed by atoms with Crippen LogP contribution in [-0.4, -0.2) is 53.5 Å². The summed E-state index contributed by atoms with van der Waals surface area (Å²) in [6.07, 6.45) is -8.00. The minimum absolute atomic E-state index is 0. The zero-order valence-electron chi connectivity index (χ0n) is 11.0. The molecule has 0 N–H and O–H groups in total. The Morgan fingerprint density at radius 3 is 0.960 bits per heavy atom. The van der Waals surface area contributed by atoms with Crippen molar-refractivity contribution in [1.29, 1.82) is 0 Å². The third-order valence-electron chi connectivity index (χ3n) is 3.24. The van der Waals surface area contributed by atoms with Gasteiger partial charge < -0.3 is 4.55 Å². The van der Waals surface area contributed by atoms with E-state index in [1.54, 1.807) is 0 Å². The molecular weight excluding hydrogens is 450 g/mol. The molecule has 1 aliphatic rings. The second-order valence-corrected chi connectivity index (χ2v) is 6.03. The Labute approximate surface area is 171 Å². The number of hydrogen-bond acceptors (Lipinski definition) is 3. The maximum absolute atomic E-state index is 13.3. The average molecular weight is 450 g/mol. The zero-order chi connectivity index (χ0) is 20.0. The number of hydrogen-bond donors (Lipinski definition) is 0. The van der Waals surface area contributed by atoms with E-state index in [0.717, 1.165) is 0 Å². The van der Waals surface area contributed by atoms with Gasteiger partial charge in [-0.05, 0) is 0 Å². The fraction of sp³-hybridized carbons (Fsp3) is 1.00. The topological polar surface area (TPSA) is 57.2 Å². The first-order valence-corrected chi connectivity index (χ1v) is 6.32. The standard InChI is InChI=1S/C7HF13O3S.K/c8-2(9)1(7(18,19)20,24(21,22)23)3(10,11)5(14,15)6(16,17)4(2,12)13;/h(H,21,22,23);/q;+1/p-1. The summed E-state index contributed by atoms with van der Waals surface area (Å²) in [6.45, 7) is 0. The Balaban J connectivity index is 0.00000576. The van der Waals surface area contributed by atoms with E-state index in [4.69, 9.17) is 0 Å². The van der Waals surface area contributed by atoms with E-state index in [1.807, 2.05) is 0 Å². The molecule has 0 aromatic rings. The van der Waals surface area contributed by atoms with Crippen molar-refractivity contribution in [2.24, 2.45) is 0 Å². The van der Waals surface area contributed by atoms with Gasteiger partial charge in [0.1, 0.15) is 10.1 Å². The van der Waals surface area contributed by atoms with E-state index in [-0.39, 0.29) is 51.4 Å². The van der Waals surface area contributed by atoms with Crippen molar-refractivity contribution >= 4 is 10.1 Å². The normalized spacial score (nSPS) is 28.7. The Hall–Kier alpha value is 0.636. The van der Waals surface area contributed by atoms with Crippen molar-refractivity contribution < 1.29 is 121 Å². The van der Waals surface area contributed by atoms with Crippen LogP contribution in [0.3, 0.4) is 0 Å². The molecule has 0 saturated heterocycles. The molecule has 1 fully saturated rings. The number of alkyl halides is 13. The Morgan fingerprint density at radius 2 is 0.800 bits per heavy atom. The summed E-state index contributed by atoms with van der Waals surface area (Å²) in [6, 6.07) is 0. The maximum Gasteiger partial charge on any atom is 1.00 e. The molecule has 1 saturated carbocycles. The Bertz CT molecular complexity index is 621. The predicted octanol–water partition coefficient (Wildman–Crippen LogP) is 0.0268. The van der Waals surface area contributed by atoms with Crippen LogP contribution in [0.4, 0.5) is 57.1 Å². The molecule has 0 amide bonds. The fourth-order valence-electron chi connectivity index (χ4n) is 2.04. The summed E-state index contributed by atoms with van der Waals surface area (Å²) in [4.78, 5) is 0. The fourth-order valence-corrected chi connectivity index (χ4v) is 3.21. The van der Waals surface area contributed by atoms with Gasteiger partial charge in [-0.25, -0.2) is 8.42 Å². The SMILES string of the molecule is O=S(=O)([O-])C1(C(F)(F)F)C(F)(F)C(F)(F)C(F)(F)C(F)(F)C1(F)F.[K+]. The minimum atomic E-state index is -8.52. The molecule has 0 aromatic carbocycles. The first-order valence-electron chi connectivity index (χ1n) is 4.91. The summed E-state index contributed by atoms with van der Waals surface area (Å²) in [5, 5.41) is 0. The second-order valence-electron chi connectivity index (χ2n) is 4.51. The van der Waals surface area contributed by atoms with Crippen LogP contribution in [0.5, 0.6) is 0 Å². The number of rotatable bonds is 1. The molecule has 144 valence electrons. The van der Waals surface area contributed by atoms with Gasteiger partial charge in [-0.2, -0.15) is 57.1 Å². The minimum Gasteiger partial charge on any atom is -0.747 e. The van der Waals surface area contributed by atoms with Gasteiger partial charge in [0, 0.05) is 0 Å². The summed E-state index contributed by atoms with van der Waals surface area (Å²) >= 11 is 0. The first kappa shape index (κ1) is 25.6. The van der Waals surface area contributed by atoms with Crippen molar-refractivity contribution in [3.05, 3.63) is 0 Å². The van der Waals surface area contributed by atoms with Crippen molar-refractivity contribution in [3.8, 4) is 0 Å². The molecule has 0 radical (unpaired) electrons. The van der Waals surface area contributed by atoms with Crippen LogP contribution in [0.1, 0.15) is 0 Å². The van der Waals surface area contributed by atoms with Crippen LogP contribution in [0.25, 0.3) is 0 Å². The smallest absolute Gasteiger partial charge is 0.747 e. The van der Waals surface area contributed by atoms with Gasteiger partial charge in [-0.3, -0.25) is 0 Å². The third kappa shape index (κ3) is 2.39. The zero-order valence-corrected chi connectivity index (χ0v) is 15.0. The molecule has 18 heteroatoms. The van der Waals surface area contributed by atoms with Crippen molar-refractivity contribution in [2.75, 3.05) is 0 Å². The van der Waals surface area contributed by atoms with Crippen LogP contribution in [0, 0.1) is 0 Å². The van der Waals surface area contributed by atoms with Crippen LogP contribution in [0.15, 0.2) is 0 Å². The van der Waals surface area contributed by atoms with E-state index >= 15 is 0 Å². The maximum atomic E-state index is 13.3. The molecule has 0 aromatic heterocycles. The van der Waals surface area contributed by atoms with Crippen LogP contribution in [0.2, 0.25) is 0 Å². The number of halogens is 13. The van der Waals surface area contributed by atoms with Gasteiger partial charge >= 0.3 is 87.2 Å². The summed E-state index contributed by atoms with van der Waals surface area (Å²) < 4.78 is 191. The van der Waals surface area contributed by atoms with Crippen molar-refractivity contribution in [3.63, 3.8) is 0 Å². The molecule has 0 heterocycles. The summed E-state index contributed by atoms with van der Waals surface area (Å²) in [7, 11) is -8.52. The molecule has 1 rings (SSSR count). The molecule has 1 aliphatic carbocycles. The molecule has 0 unspecified atom stereocenters. The Morgan fingerprint density at radius 1 is 0.600 bits per heavy atom. The molecule has 0 aliphatic heterocycles. The first-order chi connectivity index (χ1) is 10.0.